The number of sulfonamides is 1. The molecule has 0 fully saturated rings. The lowest BCUT2D eigenvalue weighted by Crippen LogP contribution is -2.26. The first-order valence-corrected chi connectivity index (χ1v) is 10.0. The topological polar surface area (TPSA) is 124 Å². The van der Waals surface area contributed by atoms with E-state index in [-0.39, 0.29) is 11.3 Å². The first-order chi connectivity index (χ1) is 12.7. The molecule has 8 nitrogen and oxygen atoms in total. The molecule has 3 N–H and O–H groups in total. The van der Waals surface area contributed by atoms with Crippen LogP contribution in [-0.2, 0) is 14.8 Å². The molecule has 0 spiro atoms. The number of anilines is 2. The SMILES string of the molecule is CCCCN(CC)c1ccc(NS(C)(=O)=O)cc1C(=O)O.O=C(O)C(F)(F)F. The summed E-state index contributed by atoms with van der Waals surface area (Å²) in [6, 6.07) is 4.58. The maximum Gasteiger partial charge on any atom is 0.490 e. The molecule has 0 saturated carbocycles. The predicted molar refractivity (Wildman–Crippen MR) is 98.4 cm³/mol. The number of unbranched alkanes of at least 4 members (excludes halogenated alkanes) is 1. The Morgan fingerprint density at radius 3 is 2.07 bits per heavy atom. The van der Waals surface area contributed by atoms with E-state index in [0.717, 1.165) is 25.6 Å². The van der Waals surface area contributed by atoms with Crippen molar-refractivity contribution in [3.8, 4) is 0 Å². The highest BCUT2D eigenvalue weighted by atomic mass is 32.2. The molecule has 0 bridgehead atoms. The molecule has 0 aromatic heterocycles. The second-order valence-electron chi connectivity index (χ2n) is 5.65. The van der Waals surface area contributed by atoms with Crippen LogP contribution in [0.4, 0.5) is 24.5 Å². The Labute approximate surface area is 161 Å². The normalized spacial score (nSPS) is 11.2. The molecule has 0 atom stereocenters. The molecule has 0 aliphatic carbocycles. The van der Waals surface area contributed by atoms with Gasteiger partial charge in [0, 0.05) is 18.8 Å². The molecule has 0 radical (unpaired) electrons. The van der Waals surface area contributed by atoms with Gasteiger partial charge in [0.2, 0.25) is 10.0 Å². The third kappa shape index (κ3) is 9.44. The van der Waals surface area contributed by atoms with Crippen LogP contribution >= 0.6 is 0 Å². The minimum atomic E-state index is -5.08. The molecule has 0 aliphatic heterocycles. The van der Waals surface area contributed by atoms with Gasteiger partial charge in [0.1, 0.15) is 0 Å². The van der Waals surface area contributed by atoms with E-state index in [4.69, 9.17) is 9.90 Å². The van der Waals surface area contributed by atoms with Gasteiger partial charge in [-0.25, -0.2) is 18.0 Å². The highest BCUT2D eigenvalue weighted by Crippen LogP contribution is 2.25. The first-order valence-electron chi connectivity index (χ1n) is 8.13. The number of hydrogen-bond donors (Lipinski definition) is 3. The van der Waals surface area contributed by atoms with Crippen molar-refractivity contribution in [2.24, 2.45) is 0 Å². The van der Waals surface area contributed by atoms with E-state index in [0.29, 0.717) is 12.2 Å². The third-order valence-electron chi connectivity index (χ3n) is 3.28. The van der Waals surface area contributed by atoms with Crippen LogP contribution in [0.1, 0.15) is 37.0 Å². The summed E-state index contributed by atoms with van der Waals surface area (Å²) in [7, 11) is -3.43. The summed E-state index contributed by atoms with van der Waals surface area (Å²) in [5.74, 6) is -3.83. The standard InChI is InChI=1S/C14H22N2O4S.C2HF3O2/c1-4-6-9-16(5-2)13-8-7-11(15-21(3,19)20)10-12(13)14(17)18;3-2(4,5)1(6)7/h7-8,10,15H,4-6,9H2,1-3H3,(H,17,18);(H,6,7). The van der Waals surface area contributed by atoms with E-state index >= 15 is 0 Å². The van der Waals surface area contributed by atoms with Crippen molar-refractivity contribution < 1.29 is 41.4 Å². The molecule has 28 heavy (non-hydrogen) atoms. The number of hydrogen-bond acceptors (Lipinski definition) is 5. The van der Waals surface area contributed by atoms with Crippen LogP contribution in [0.2, 0.25) is 0 Å². The van der Waals surface area contributed by atoms with Crippen LogP contribution in [-0.4, -0.2) is 56.1 Å². The third-order valence-corrected chi connectivity index (χ3v) is 3.88. The fourth-order valence-electron chi connectivity index (χ4n) is 2.06. The monoisotopic (exact) mass is 428 g/mol. The minimum absolute atomic E-state index is 0.0987. The van der Waals surface area contributed by atoms with Gasteiger partial charge < -0.3 is 15.1 Å². The first kappa shape index (κ1) is 25.5. The number of alkyl halides is 3. The fraction of sp³-hybridized carbons (Fsp3) is 0.500. The van der Waals surface area contributed by atoms with Crippen LogP contribution in [0.15, 0.2) is 18.2 Å². The molecule has 1 rings (SSSR count). The van der Waals surface area contributed by atoms with Crippen molar-refractivity contribution >= 4 is 33.3 Å². The zero-order valence-electron chi connectivity index (χ0n) is 15.6. The zero-order chi connectivity index (χ0) is 22.1. The lowest BCUT2D eigenvalue weighted by molar-refractivity contribution is -0.192. The van der Waals surface area contributed by atoms with Gasteiger partial charge in [0.05, 0.1) is 17.5 Å². The van der Waals surface area contributed by atoms with Gasteiger partial charge in [-0.15, -0.1) is 0 Å². The van der Waals surface area contributed by atoms with Crippen LogP contribution in [0, 0.1) is 0 Å². The second-order valence-corrected chi connectivity index (χ2v) is 7.40. The Morgan fingerprint density at radius 2 is 1.71 bits per heavy atom. The summed E-state index contributed by atoms with van der Waals surface area (Å²) in [5.41, 5.74) is 0.962. The summed E-state index contributed by atoms with van der Waals surface area (Å²) in [4.78, 5) is 22.3. The van der Waals surface area contributed by atoms with Gasteiger partial charge in [0.15, 0.2) is 0 Å². The highest BCUT2D eigenvalue weighted by molar-refractivity contribution is 7.92. The van der Waals surface area contributed by atoms with Crippen LogP contribution < -0.4 is 9.62 Å². The molecule has 0 saturated heterocycles. The highest BCUT2D eigenvalue weighted by Gasteiger charge is 2.38. The van der Waals surface area contributed by atoms with Gasteiger partial charge >= 0.3 is 18.1 Å². The predicted octanol–water partition coefficient (Wildman–Crippen LogP) is 3.02. The van der Waals surface area contributed by atoms with Gasteiger partial charge in [-0.05, 0) is 31.5 Å². The number of nitrogens with one attached hydrogen (secondary N) is 1. The molecular weight excluding hydrogens is 405 g/mol. The van der Waals surface area contributed by atoms with E-state index in [1.54, 1.807) is 12.1 Å². The smallest absolute Gasteiger partial charge is 0.478 e. The van der Waals surface area contributed by atoms with Gasteiger partial charge in [-0.3, -0.25) is 4.72 Å². The fourth-order valence-corrected chi connectivity index (χ4v) is 2.61. The van der Waals surface area contributed by atoms with Gasteiger partial charge in [-0.2, -0.15) is 13.2 Å². The molecule has 0 heterocycles. The van der Waals surface area contributed by atoms with Crippen LogP contribution in [0.3, 0.4) is 0 Å². The lowest BCUT2D eigenvalue weighted by atomic mass is 10.1. The number of carboxylic acids is 2. The molecule has 0 aliphatic rings. The average Bonchev–Trinajstić information content (AvgIpc) is 2.54. The number of benzene rings is 1. The largest absolute Gasteiger partial charge is 0.490 e. The number of aromatic carboxylic acids is 1. The molecule has 12 heteroatoms. The Morgan fingerprint density at radius 1 is 1.18 bits per heavy atom. The van der Waals surface area contributed by atoms with Gasteiger partial charge in [-0.1, -0.05) is 13.3 Å². The summed E-state index contributed by atoms with van der Waals surface area (Å²) in [6.45, 7) is 5.50. The average molecular weight is 428 g/mol. The number of carbonyl (C=O) groups is 2. The van der Waals surface area contributed by atoms with Crippen molar-refractivity contribution in [1.29, 1.82) is 0 Å². The number of aliphatic carboxylic acids is 1. The van der Waals surface area contributed by atoms with Crippen LogP contribution in [0.25, 0.3) is 0 Å². The molecular formula is C16H23F3N2O6S. The maximum atomic E-state index is 11.4. The molecule has 0 amide bonds. The van der Waals surface area contributed by atoms with Crippen molar-refractivity contribution in [2.75, 3.05) is 29.0 Å². The number of rotatable bonds is 8. The van der Waals surface area contributed by atoms with E-state index in [9.17, 15) is 31.5 Å². The summed E-state index contributed by atoms with van der Waals surface area (Å²) in [5, 5.41) is 16.5. The second kappa shape index (κ2) is 10.7. The molecule has 0 unspecified atom stereocenters. The molecule has 160 valence electrons. The summed E-state index contributed by atoms with van der Waals surface area (Å²) >= 11 is 0. The lowest BCUT2D eigenvalue weighted by Gasteiger charge is -2.25. The van der Waals surface area contributed by atoms with Crippen molar-refractivity contribution in [1.82, 2.24) is 0 Å². The Kier molecular flexibility index (Phi) is 9.78. The number of halogens is 3. The summed E-state index contributed by atoms with van der Waals surface area (Å²) in [6.07, 6.45) is -2.07. The van der Waals surface area contributed by atoms with E-state index < -0.39 is 28.1 Å². The Balaban J connectivity index is 0.000000887. The van der Waals surface area contributed by atoms with Crippen LogP contribution in [0.5, 0.6) is 0 Å². The molecule has 1 aromatic rings. The Bertz CT molecular complexity index is 781. The van der Waals surface area contributed by atoms with Gasteiger partial charge in [0.25, 0.3) is 0 Å². The quantitative estimate of drug-likeness (QED) is 0.581. The molecule has 1 aromatic carbocycles. The Hall–Kier alpha value is -2.50. The van der Waals surface area contributed by atoms with E-state index in [1.807, 2.05) is 11.8 Å². The van der Waals surface area contributed by atoms with Crippen molar-refractivity contribution in [3.63, 3.8) is 0 Å². The maximum absolute atomic E-state index is 11.4. The van der Waals surface area contributed by atoms with Crippen molar-refractivity contribution in [2.45, 2.75) is 32.9 Å². The minimum Gasteiger partial charge on any atom is -0.478 e. The summed E-state index contributed by atoms with van der Waals surface area (Å²) < 4.78 is 56.5. The van der Waals surface area contributed by atoms with E-state index in [2.05, 4.69) is 11.6 Å². The zero-order valence-corrected chi connectivity index (χ0v) is 16.4. The number of nitrogens with zero attached hydrogens (tertiary/aromatic N) is 1. The van der Waals surface area contributed by atoms with E-state index in [1.165, 1.54) is 6.07 Å². The number of carboxylic acid groups (broad SMARTS) is 2. The van der Waals surface area contributed by atoms with Crippen molar-refractivity contribution in [3.05, 3.63) is 23.8 Å².